The number of nitrogens with one attached hydrogen (secondary N) is 2. The number of carbonyl (C=O) groups is 1. The molecule has 2 rings (SSSR count). The summed E-state index contributed by atoms with van der Waals surface area (Å²) < 4.78 is 6.16. The predicted molar refractivity (Wildman–Crippen MR) is 65.5 cm³/mol. The van der Waals surface area contributed by atoms with Crippen LogP contribution in [0.2, 0.25) is 0 Å². The molecule has 0 aliphatic carbocycles. The molecule has 1 saturated heterocycles. The van der Waals surface area contributed by atoms with Crippen molar-refractivity contribution >= 4 is 27.6 Å². The maximum absolute atomic E-state index is 11.6. The summed E-state index contributed by atoms with van der Waals surface area (Å²) in [5.74, 6) is 0. The first-order chi connectivity index (χ1) is 7.74. The quantitative estimate of drug-likeness (QED) is 0.876. The Balaban J connectivity index is 1.84. The first-order valence-electron chi connectivity index (χ1n) is 5.15. The molecule has 1 fully saturated rings. The highest BCUT2D eigenvalue weighted by molar-refractivity contribution is 9.10. The van der Waals surface area contributed by atoms with Gasteiger partial charge in [0.25, 0.3) is 0 Å². The van der Waals surface area contributed by atoms with Gasteiger partial charge in [-0.3, -0.25) is 0 Å². The lowest BCUT2D eigenvalue weighted by Crippen LogP contribution is -2.38. The zero-order valence-corrected chi connectivity index (χ0v) is 10.3. The van der Waals surface area contributed by atoms with E-state index in [1.165, 1.54) is 0 Å². The summed E-state index contributed by atoms with van der Waals surface area (Å²) in [4.78, 5) is 11.6. The van der Waals surface area contributed by atoms with Crippen LogP contribution in [0, 0.1) is 0 Å². The Hall–Kier alpha value is -1.07. The summed E-state index contributed by atoms with van der Waals surface area (Å²) in [6.07, 6.45) is 0.883. The molecular formula is C11H13BrN2O2. The molecule has 0 saturated carbocycles. The van der Waals surface area contributed by atoms with Gasteiger partial charge >= 0.3 is 6.03 Å². The largest absolute Gasteiger partial charge is 0.379 e. The van der Waals surface area contributed by atoms with Crippen molar-refractivity contribution in [3.8, 4) is 0 Å². The van der Waals surface area contributed by atoms with Gasteiger partial charge in [-0.1, -0.05) is 15.9 Å². The van der Waals surface area contributed by atoms with Crippen LogP contribution in [0.3, 0.4) is 0 Å². The number of urea groups is 1. The van der Waals surface area contributed by atoms with Crippen molar-refractivity contribution < 1.29 is 9.53 Å². The number of benzene rings is 1. The monoisotopic (exact) mass is 284 g/mol. The Morgan fingerprint density at radius 2 is 2.12 bits per heavy atom. The smallest absolute Gasteiger partial charge is 0.319 e. The minimum Gasteiger partial charge on any atom is -0.379 e. The molecule has 2 N–H and O–H groups in total. The van der Waals surface area contributed by atoms with E-state index >= 15 is 0 Å². The highest BCUT2D eigenvalue weighted by Crippen LogP contribution is 2.14. The average molecular weight is 285 g/mol. The van der Waals surface area contributed by atoms with E-state index in [0.29, 0.717) is 6.61 Å². The Kier molecular flexibility index (Phi) is 3.79. The van der Waals surface area contributed by atoms with Gasteiger partial charge in [0.15, 0.2) is 0 Å². The maximum Gasteiger partial charge on any atom is 0.319 e. The molecule has 2 amide bonds. The molecule has 1 atom stereocenters. The number of rotatable bonds is 2. The third kappa shape index (κ3) is 3.21. The van der Waals surface area contributed by atoms with Crippen molar-refractivity contribution in [2.45, 2.75) is 12.5 Å². The summed E-state index contributed by atoms with van der Waals surface area (Å²) in [5.41, 5.74) is 0.777. The minimum atomic E-state index is -0.183. The van der Waals surface area contributed by atoms with Gasteiger partial charge < -0.3 is 15.4 Å². The Labute approximate surface area is 102 Å². The minimum absolute atomic E-state index is 0.135. The molecular weight excluding hydrogens is 272 g/mol. The van der Waals surface area contributed by atoms with Crippen LogP contribution in [-0.4, -0.2) is 25.3 Å². The van der Waals surface area contributed by atoms with Crippen LogP contribution in [0.5, 0.6) is 0 Å². The molecule has 5 heteroatoms. The van der Waals surface area contributed by atoms with Crippen molar-refractivity contribution in [3.63, 3.8) is 0 Å². The number of ether oxygens (including phenoxy) is 1. The van der Waals surface area contributed by atoms with Crippen molar-refractivity contribution in [1.82, 2.24) is 5.32 Å². The molecule has 16 heavy (non-hydrogen) atoms. The summed E-state index contributed by atoms with van der Waals surface area (Å²) in [6.45, 7) is 1.33. The third-order valence-electron chi connectivity index (χ3n) is 2.37. The Bertz CT molecular complexity index is 361. The number of carbonyl (C=O) groups excluding carboxylic acids is 1. The Morgan fingerprint density at radius 3 is 2.75 bits per heavy atom. The van der Waals surface area contributed by atoms with Gasteiger partial charge in [-0.2, -0.15) is 0 Å². The van der Waals surface area contributed by atoms with Crippen molar-refractivity contribution in [2.24, 2.45) is 0 Å². The number of hydrogen-bond acceptors (Lipinski definition) is 2. The van der Waals surface area contributed by atoms with E-state index in [-0.39, 0.29) is 12.1 Å². The van der Waals surface area contributed by atoms with Gasteiger partial charge in [0.05, 0.1) is 12.6 Å². The van der Waals surface area contributed by atoms with Crippen LogP contribution >= 0.6 is 15.9 Å². The maximum atomic E-state index is 11.6. The second-order valence-corrected chi connectivity index (χ2v) is 4.58. The Morgan fingerprint density at radius 1 is 1.38 bits per heavy atom. The van der Waals surface area contributed by atoms with E-state index in [1.54, 1.807) is 0 Å². The fourth-order valence-corrected chi connectivity index (χ4v) is 1.80. The molecule has 0 aromatic heterocycles. The van der Waals surface area contributed by atoms with Gasteiger partial charge in [-0.15, -0.1) is 0 Å². The van der Waals surface area contributed by atoms with E-state index < -0.39 is 0 Å². The van der Waals surface area contributed by atoms with Gasteiger partial charge in [-0.05, 0) is 30.7 Å². The molecule has 0 unspecified atom stereocenters. The predicted octanol–water partition coefficient (Wildman–Crippen LogP) is 2.36. The van der Waals surface area contributed by atoms with E-state index in [0.717, 1.165) is 23.2 Å². The van der Waals surface area contributed by atoms with Crippen molar-refractivity contribution in [3.05, 3.63) is 28.7 Å². The average Bonchev–Trinajstić information content (AvgIpc) is 2.74. The molecule has 1 aliphatic rings. The van der Waals surface area contributed by atoms with Crippen LogP contribution in [0.4, 0.5) is 10.5 Å². The summed E-state index contributed by atoms with van der Waals surface area (Å²) in [5, 5.41) is 5.62. The van der Waals surface area contributed by atoms with Gasteiger partial charge in [0.1, 0.15) is 0 Å². The molecule has 86 valence electrons. The number of halogens is 1. The molecule has 0 bridgehead atoms. The number of amides is 2. The SMILES string of the molecule is O=C(Nc1ccc(Br)cc1)N[C@H]1CCOC1. The summed E-state index contributed by atoms with van der Waals surface area (Å²) in [7, 11) is 0. The topological polar surface area (TPSA) is 50.4 Å². The second-order valence-electron chi connectivity index (χ2n) is 3.67. The molecule has 1 aromatic carbocycles. The van der Waals surface area contributed by atoms with Crippen LogP contribution in [0.1, 0.15) is 6.42 Å². The van der Waals surface area contributed by atoms with Crippen LogP contribution < -0.4 is 10.6 Å². The lowest BCUT2D eigenvalue weighted by atomic mass is 10.3. The van der Waals surface area contributed by atoms with Gasteiger partial charge in [0.2, 0.25) is 0 Å². The molecule has 1 aliphatic heterocycles. The fraction of sp³-hybridized carbons (Fsp3) is 0.364. The lowest BCUT2D eigenvalue weighted by molar-refractivity contribution is 0.189. The lowest BCUT2D eigenvalue weighted by Gasteiger charge is -2.11. The van der Waals surface area contributed by atoms with Crippen LogP contribution in [-0.2, 0) is 4.74 Å². The summed E-state index contributed by atoms with van der Waals surface area (Å²) in [6, 6.07) is 7.40. The molecule has 0 radical (unpaired) electrons. The molecule has 4 nitrogen and oxygen atoms in total. The van der Waals surface area contributed by atoms with E-state index in [2.05, 4.69) is 26.6 Å². The van der Waals surface area contributed by atoms with Crippen LogP contribution in [0.25, 0.3) is 0 Å². The van der Waals surface area contributed by atoms with Gasteiger partial charge in [0, 0.05) is 16.8 Å². The molecule has 0 spiro atoms. The molecule has 1 heterocycles. The fourth-order valence-electron chi connectivity index (χ4n) is 1.53. The number of anilines is 1. The van der Waals surface area contributed by atoms with Crippen LogP contribution in [0.15, 0.2) is 28.7 Å². The highest BCUT2D eigenvalue weighted by Gasteiger charge is 2.17. The van der Waals surface area contributed by atoms with E-state index in [9.17, 15) is 4.79 Å². The van der Waals surface area contributed by atoms with E-state index in [1.807, 2.05) is 24.3 Å². The third-order valence-corrected chi connectivity index (χ3v) is 2.90. The molecule has 1 aromatic rings. The standard InChI is InChI=1S/C11H13BrN2O2/c12-8-1-3-9(4-2-8)13-11(15)14-10-5-6-16-7-10/h1-4,10H,5-7H2,(H2,13,14,15)/t10-/m0/s1. The first-order valence-corrected chi connectivity index (χ1v) is 5.94. The summed E-state index contributed by atoms with van der Waals surface area (Å²) >= 11 is 3.34. The second kappa shape index (κ2) is 5.32. The normalized spacial score (nSPS) is 19.4. The zero-order chi connectivity index (χ0) is 11.4. The van der Waals surface area contributed by atoms with Crippen molar-refractivity contribution in [1.29, 1.82) is 0 Å². The zero-order valence-electron chi connectivity index (χ0n) is 8.70. The first kappa shape index (κ1) is 11.4. The van der Waals surface area contributed by atoms with Gasteiger partial charge in [-0.25, -0.2) is 4.79 Å². The highest BCUT2D eigenvalue weighted by atomic mass is 79.9. The van der Waals surface area contributed by atoms with Crippen molar-refractivity contribution in [2.75, 3.05) is 18.5 Å². The number of hydrogen-bond donors (Lipinski definition) is 2. The van der Waals surface area contributed by atoms with E-state index in [4.69, 9.17) is 4.74 Å².